The van der Waals surface area contributed by atoms with Crippen molar-refractivity contribution in [1.82, 2.24) is 10.3 Å². The summed E-state index contributed by atoms with van der Waals surface area (Å²) >= 11 is 1.84. The summed E-state index contributed by atoms with van der Waals surface area (Å²) in [5.41, 5.74) is 1.41. The molecule has 0 saturated heterocycles. The number of thiazole rings is 1. The first-order chi connectivity index (χ1) is 9.78. The fourth-order valence-corrected chi connectivity index (χ4v) is 3.49. The van der Waals surface area contributed by atoms with E-state index in [2.05, 4.69) is 54.5 Å². The molecular formula is C17H22N2S. The molecule has 0 spiro atoms. The van der Waals surface area contributed by atoms with Crippen molar-refractivity contribution in [3.8, 4) is 0 Å². The molecule has 20 heavy (non-hydrogen) atoms. The Hall–Kier alpha value is -1.19. The quantitative estimate of drug-likeness (QED) is 0.845. The van der Waals surface area contributed by atoms with Gasteiger partial charge in [0, 0.05) is 17.1 Å². The van der Waals surface area contributed by atoms with Crippen molar-refractivity contribution in [2.45, 2.75) is 45.2 Å². The van der Waals surface area contributed by atoms with Gasteiger partial charge in [0.25, 0.3) is 0 Å². The molecule has 0 bridgehead atoms. The average molecular weight is 286 g/mol. The molecule has 0 amide bonds. The number of aromatic nitrogens is 1. The Bertz CT molecular complexity index is 545. The van der Waals surface area contributed by atoms with Crippen LogP contribution in [0.2, 0.25) is 0 Å². The Kier molecular flexibility index (Phi) is 4.18. The first-order valence-corrected chi connectivity index (χ1v) is 8.35. The number of nitrogens with one attached hydrogen (secondary N) is 1. The van der Waals surface area contributed by atoms with Crippen LogP contribution >= 0.6 is 11.3 Å². The van der Waals surface area contributed by atoms with E-state index in [4.69, 9.17) is 0 Å². The third-order valence-corrected chi connectivity index (χ3v) is 5.30. The second kappa shape index (κ2) is 6.06. The van der Waals surface area contributed by atoms with E-state index in [1.165, 1.54) is 28.3 Å². The van der Waals surface area contributed by atoms with Crippen molar-refractivity contribution >= 4 is 11.3 Å². The molecule has 2 aromatic rings. The highest BCUT2D eigenvalue weighted by Gasteiger charge is 2.33. The predicted octanol–water partition coefficient (Wildman–Crippen LogP) is 4.51. The smallest absolute Gasteiger partial charge is 0.109 e. The van der Waals surface area contributed by atoms with E-state index in [-0.39, 0.29) is 0 Å². The summed E-state index contributed by atoms with van der Waals surface area (Å²) < 4.78 is 0. The van der Waals surface area contributed by atoms with Crippen LogP contribution in [0.4, 0.5) is 0 Å². The number of aryl methyl sites for hydroxylation is 1. The molecule has 1 N–H and O–H groups in total. The van der Waals surface area contributed by atoms with Gasteiger partial charge >= 0.3 is 0 Å². The van der Waals surface area contributed by atoms with Crippen LogP contribution in [0.3, 0.4) is 0 Å². The maximum Gasteiger partial charge on any atom is 0.109 e. The van der Waals surface area contributed by atoms with Crippen LogP contribution in [0.1, 0.15) is 54.2 Å². The largest absolute Gasteiger partial charge is 0.301 e. The number of benzene rings is 1. The molecule has 2 nitrogen and oxygen atoms in total. The van der Waals surface area contributed by atoms with Crippen molar-refractivity contribution in [2.75, 3.05) is 0 Å². The minimum Gasteiger partial charge on any atom is -0.301 e. The van der Waals surface area contributed by atoms with Gasteiger partial charge in [-0.2, -0.15) is 0 Å². The third-order valence-electron chi connectivity index (χ3n) is 3.97. The average Bonchev–Trinajstić information content (AvgIpc) is 3.21. The van der Waals surface area contributed by atoms with Gasteiger partial charge in [-0.05, 0) is 37.7 Å². The highest BCUT2D eigenvalue weighted by Crippen LogP contribution is 2.42. The minimum absolute atomic E-state index is 0.325. The van der Waals surface area contributed by atoms with Crippen LogP contribution in [0.15, 0.2) is 36.5 Å². The number of nitrogens with zero attached hydrogens (tertiary/aromatic N) is 1. The Labute approximate surface area is 125 Å². The van der Waals surface area contributed by atoms with E-state index in [0.29, 0.717) is 12.1 Å². The topological polar surface area (TPSA) is 24.9 Å². The molecule has 3 heteroatoms. The second-order valence-electron chi connectivity index (χ2n) is 5.63. The third kappa shape index (κ3) is 3.10. The molecule has 1 aliphatic rings. The summed E-state index contributed by atoms with van der Waals surface area (Å²) in [6.07, 6.45) is 5.79. The monoisotopic (exact) mass is 286 g/mol. The summed E-state index contributed by atoms with van der Waals surface area (Å²) in [4.78, 5) is 5.94. The van der Waals surface area contributed by atoms with E-state index in [0.717, 1.165) is 12.3 Å². The lowest BCUT2D eigenvalue weighted by atomic mass is 10.0. The maximum absolute atomic E-state index is 4.57. The van der Waals surface area contributed by atoms with Gasteiger partial charge in [0.1, 0.15) is 5.01 Å². The fraction of sp³-hybridized carbons (Fsp3) is 0.471. The van der Waals surface area contributed by atoms with E-state index < -0.39 is 0 Å². The van der Waals surface area contributed by atoms with E-state index in [1.807, 2.05) is 17.5 Å². The molecule has 2 atom stereocenters. The van der Waals surface area contributed by atoms with Crippen LogP contribution in [0.25, 0.3) is 0 Å². The highest BCUT2D eigenvalue weighted by atomic mass is 32.1. The summed E-state index contributed by atoms with van der Waals surface area (Å²) in [5.74, 6) is 0.797. The van der Waals surface area contributed by atoms with Gasteiger partial charge in [-0.15, -0.1) is 11.3 Å². The molecule has 2 unspecified atom stereocenters. The van der Waals surface area contributed by atoms with Gasteiger partial charge in [-0.1, -0.05) is 37.3 Å². The van der Waals surface area contributed by atoms with Crippen molar-refractivity contribution in [3.05, 3.63) is 52.0 Å². The first kappa shape index (κ1) is 13.8. The molecular weight excluding hydrogens is 264 g/mol. The van der Waals surface area contributed by atoms with Gasteiger partial charge < -0.3 is 5.32 Å². The second-order valence-corrected chi connectivity index (χ2v) is 6.78. The summed E-state index contributed by atoms with van der Waals surface area (Å²) in [6, 6.07) is 11.6. The summed E-state index contributed by atoms with van der Waals surface area (Å²) in [5, 5.41) is 5.01. The Morgan fingerprint density at radius 1 is 1.30 bits per heavy atom. The molecule has 1 aromatic heterocycles. The van der Waals surface area contributed by atoms with Gasteiger partial charge in [0.05, 0.1) is 6.04 Å². The summed E-state index contributed by atoms with van der Waals surface area (Å²) in [7, 11) is 0. The fourth-order valence-electron chi connectivity index (χ4n) is 2.62. The van der Waals surface area contributed by atoms with Crippen LogP contribution in [0, 0.1) is 5.92 Å². The van der Waals surface area contributed by atoms with Crippen molar-refractivity contribution < 1.29 is 0 Å². The number of hydrogen-bond donors (Lipinski definition) is 1. The maximum atomic E-state index is 4.57. The lowest BCUT2D eigenvalue weighted by Gasteiger charge is -2.22. The zero-order valence-electron chi connectivity index (χ0n) is 12.2. The van der Waals surface area contributed by atoms with Crippen LogP contribution < -0.4 is 5.32 Å². The van der Waals surface area contributed by atoms with Crippen molar-refractivity contribution in [2.24, 2.45) is 5.92 Å². The van der Waals surface area contributed by atoms with Crippen LogP contribution in [-0.4, -0.2) is 4.98 Å². The van der Waals surface area contributed by atoms with Gasteiger partial charge in [-0.25, -0.2) is 4.98 Å². The normalized spacial score (nSPS) is 17.9. The van der Waals surface area contributed by atoms with Crippen LogP contribution in [-0.2, 0) is 6.42 Å². The number of rotatable bonds is 6. The van der Waals surface area contributed by atoms with Crippen LogP contribution in [0.5, 0.6) is 0 Å². The van der Waals surface area contributed by atoms with Gasteiger partial charge in [0.2, 0.25) is 0 Å². The number of hydrogen-bond acceptors (Lipinski definition) is 3. The molecule has 106 valence electrons. The zero-order valence-corrected chi connectivity index (χ0v) is 13.0. The van der Waals surface area contributed by atoms with Crippen molar-refractivity contribution in [3.63, 3.8) is 0 Å². The zero-order chi connectivity index (χ0) is 13.9. The lowest BCUT2D eigenvalue weighted by Crippen LogP contribution is -2.26. The van der Waals surface area contributed by atoms with Crippen molar-refractivity contribution in [1.29, 1.82) is 0 Å². The molecule has 1 heterocycles. The molecule has 0 aliphatic heterocycles. The predicted molar refractivity (Wildman–Crippen MR) is 84.9 cm³/mol. The Morgan fingerprint density at radius 2 is 2.05 bits per heavy atom. The Balaban J connectivity index is 1.73. The van der Waals surface area contributed by atoms with E-state index >= 15 is 0 Å². The van der Waals surface area contributed by atoms with E-state index in [1.54, 1.807) is 0 Å². The SMILES string of the molecule is CCc1cnc(C(C)NC(c2ccccc2)C2CC2)s1. The highest BCUT2D eigenvalue weighted by molar-refractivity contribution is 7.11. The first-order valence-electron chi connectivity index (χ1n) is 7.53. The van der Waals surface area contributed by atoms with Gasteiger partial charge in [0.15, 0.2) is 0 Å². The van der Waals surface area contributed by atoms with E-state index in [9.17, 15) is 0 Å². The molecule has 1 aliphatic carbocycles. The summed E-state index contributed by atoms with van der Waals surface area (Å²) in [6.45, 7) is 4.42. The molecule has 3 rings (SSSR count). The lowest BCUT2D eigenvalue weighted by molar-refractivity contribution is 0.426. The van der Waals surface area contributed by atoms with Gasteiger partial charge in [-0.3, -0.25) is 0 Å². The standard InChI is InChI=1S/C17H22N2S/c1-3-15-11-18-17(20-15)12(2)19-16(14-9-10-14)13-7-5-4-6-8-13/h4-8,11-12,14,16,19H,3,9-10H2,1-2H3. The molecule has 1 saturated carbocycles. The molecule has 1 fully saturated rings. The molecule has 1 aromatic carbocycles. The Morgan fingerprint density at radius 3 is 2.65 bits per heavy atom. The minimum atomic E-state index is 0.325. The molecule has 0 radical (unpaired) electrons.